The van der Waals surface area contributed by atoms with Crippen LogP contribution in [0.3, 0.4) is 0 Å². The van der Waals surface area contributed by atoms with Crippen LogP contribution in [0.4, 0.5) is 0 Å². The maximum Gasteiger partial charge on any atom is 0.343 e. The molecule has 2 heterocycles. The average molecular weight is 265 g/mol. The van der Waals surface area contributed by atoms with Crippen LogP contribution in [-0.2, 0) is 6.54 Å². The zero-order valence-electron chi connectivity index (χ0n) is 10.0. The Balaban J connectivity index is 2.23. The minimum Gasteiger partial charge on any atom is -0.329 e. The van der Waals surface area contributed by atoms with Gasteiger partial charge in [-0.15, -0.1) is 5.10 Å². The van der Waals surface area contributed by atoms with Crippen LogP contribution in [0.25, 0.3) is 0 Å². The van der Waals surface area contributed by atoms with E-state index < -0.39 is 0 Å². The van der Waals surface area contributed by atoms with E-state index in [1.54, 1.807) is 17.0 Å². The van der Waals surface area contributed by atoms with Gasteiger partial charge in [0.15, 0.2) is 5.16 Å². The van der Waals surface area contributed by atoms with E-state index >= 15 is 0 Å². The highest BCUT2D eigenvalue weighted by molar-refractivity contribution is 7.99. The Morgan fingerprint density at radius 2 is 2.44 bits per heavy atom. The molecule has 2 aromatic heterocycles. The zero-order chi connectivity index (χ0) is 13.0. The van der Waals surface area contributed by atoms with E-state index in [2.05, 4.69) is 15.2 Å². The first kappa shape index (κ1) is 12.8. The normalized spacial score (nSPS) is 12.6. The molecule has 6 nitrogen and oxygen atoms in total. The Morgan fingerprint density at radius 1 is 1.61 bits per heavy atom. The Morgan fingerprint density at radius 3 is 3.06 bits per heavy atom. The molecule has 0 saturated heterocycles. The van der Waals surface area contributed by atoms with Crippen LogP contribution in [0.2, 0.25) is 0 Å². The van der Waals surface area contributed by atoms with Gasteiger partial charge in [0.05, 0.1) is 5.25 Å². The van der Waals surface area contributed by atoms with E-state index in [1.807, 2.05) is 19.1 Å². The Bertz CT molecular complexity index is 550. The van der Waals surface area contributed by atoms with Crippen LogP contribution in [-0.4, -0.2) is 26.3 Å². The van der Waals surface area contributed by atoms with Gasteiger partial charge >= 0.3 is 5.69 Å². The van der Waals surface area contributed by atoms with Crippen LogP contribution < -0.4 is 11.4 Å². The summed E-state index contributed by atoms with van der Waals surface area (Å²) in [6, 6.07) is 3.84. The molecule has 0 fully saturated rings. The van der Waals surface area contributed by atoms with Crippen molar-refractivity contribution in [1.82, 2.24) is 19.7 Å². The van der Waals surface area contributed by atoms with Crippen molar-refractivity contribution < 1.29 is 0 Å². The van der Waals surface area contributed by atoms with Gasteiger partial charge in [0.2, 0.25) is 0 Å². The number of hydrogen-bond acceptors (Lipinski definition) is 5. The number of H-pyrrole nitrogens is 1. The third-order valence-corrected chi connectivity index (χ3v) is 3.83. The maximum atomic E-state index is 11.5. The summed E-state index contributed by atoms with van der Waals surface area (Å²) in [5.41, 5.74) is 6.62. The molecule has 0 radical (unpaired) electrons. The van der Waals surface area contributed by atoms with Crippen LogP contribution in [0.5, 0.6) is 0 Å². The Hall–Kier alpha value is -1.60. The van der Waals surface area contributed by atoms with E-state index in [9.17, 15) is 4.79 Å². The summed E-state index contributed by atoms with van der Waals surface area (Å²) in [7, 11) is 0. The summed E-state index contributed by atoms with van der Waals surface area (Å²) in [5, 5.41) is 7.16. The van der Waals surface area contributed by atoms with Gasteiger partial charge in [-0.25, -0.2) is 9.89 Å². The van der Waals surface area contributed by atoms with Crippen molar-refractivity contribution >= 4 is 11.8 Å². The highest BCUT2D eigenvalue weighted by Crippen LogP contribution is 2.31. The van der Waals surface area contributed by atoms with Gasteiger partial charge in [-0.05, 0) is 18.6 Å². The largest absolute Gasteiger partial charge is 0.343 e. The van der Waals surface area contributed by atoms with Crippen molar-refractivity contribution in [3.63, 3.8) is 0 Å². The first-order valence-electron chi connectivity index (χ1n) is 5.68. The first-order chi connectivity index (χ1) is 8.76. The summed E-state index contributed by atoms with van der Waals surface area (Å²) >= 11 is 1.47. The lowest BCUT2D eigenvalue weighted by atomic mass is 10.2. The van der Waals surface area contributed by atoms with Crippen molar-refractivity contribution in [3.8, 4) is 0 Å². The van der Waals surface area contributed by atoms with Crippen molar-refractivity contribution in [2.45, 2.75) is 23.9 Å². The molecule has 0 amide bonds. The van der Waals surface area contributed by atoms with Crippen LogP contribution in [0.1, 0.15) is 17.7 Å². The van der Waals surface area contributed by atoms with E-state index in [1.165, 1.54) is 11.8 Å². The molecule has 1 unspecified atom stereocenters. The predicted octanol–water partition coefficient (Wildman–Crippen LogP) is 0.778. The fraction of sp³-hybridized carbons (Fsp3) is 0.364. The van der Waals surface area contributed by atoms with Crippen molar-refractivity contribution in [2.75, 3.05) is 6.54 Å². The van der Waals surface area contributed by atoms with Crippen molar-refractivity contribution in [1.29, 1.82) is 0 Å². The summed E-state index contributed by atoms with van der Waals surface area (Å²) < 4.78 is 1.59. The lowest BCUT2D eigenvalue weighted by molar-refractivity contribution is 0.658. The van der Waals surface area contributed by atoms with Gasteiger partial charge in [0.1, 0.15) is 0 Å². The average Bonchev–Trinajstić information content (AvgIpc) is 2.77. The van der Waals surface area contributed by atoms with Gasteiger partial charge in [-0.3, -0.25) is 9.55 Å². The summed E-state index contributed by atoms with van der Waals surface area (Å²) in [6.07, 6.45) is 3.50. The molecule has 0 aliphatic heterocycles. The number of rotatable bonds is 5. The van der Waals surface area contributed by atoms with Crippen molar-refractivity contribution in [2.24, 2.45) is 5.73 Å². The topological polar surface area (TPSA) is 89.6 Å². The number of nitrogens with two attached hydrogens (primary N) is 1. The predicted molar refractivity (Wildman–Crippen MR) is 70.4 cm³/mol. The van der Waals surface area contributed by atoms with Crippen LogP contribution in [0.15, 0.2) is 34.5 Å². The van der Waals surface area contributed by atoms with Crippen LogP contribution >= 0.6 is 11.8 Å². The monoisotopic (exact) mass is 265 g/mol. The molecule has 18 heavy (non-hydrogen) atoms. The molecule has 0 aliphatic rings. The molecular weight excluding hydrogens is 250 g/mol. The van der Waals surface area contributed by atoms with Crippen LogP contribution in [0, 0.1) is 0 Å². The lowest BCUT2D eigenvalue weighted by Crippen LogP contribution is -2.17. The van der Waals surface area contributed by atoms with Gasteiger partial charge < -0.3 is 5.73 Å². The molecular formula is C11H15N5OS. The third-order valence-electron chi connectivity index (χ3n) is 2.56. The quantitative estimate of drug-likeness (QED) is 0.780. The second kappa shape index (κ2) is 5.83. The van der Waals surface area contributed by atoms with E-state index in [4.69, 9.17) is 5.73 Å². The minimum atomic E-state index is -0.193. The van der Waals surface area contributed by atoms with Gasteiger partial charge in [0.25, 0.3) is 0 Å². The smallest absolute Gasteiger partial charge is 0.329 e. The van der Waals surface area contributed by atoms with Gasteiger partial charge in [-0.2, -0.15) is 0 Å². The highest BCUT2D eigenvalue weighted by atomic mass is 32.2. The van der Waals surface area contributed by atoms with E-state index in [0.29, 0.717) is 18.2 Å². The molecule has 2 rings (SSSR count). The number of aromatic nitrogens is 4. The number of hydrogen-bond donors (Lipinski definition) is 2. The fourth-order valence-corrected chi connectivity index (χ4v) is 2.68. The minimum absolute atomic E-state index is 0.0409. The SMILES string of the molecule is CCn1c(SC(CN)c2cccnc2)n[nH]c1=O. The molecule has 2 aromatic rings. The highest BCUT2D eigenvalue weighted by Gasteiger charge is 2.16. The number of nitrogens with one attached hydrogen (secondary N) is 1. The molecule has 0 saturated carbocycles. The second-order valence-electron chi connectivity index (χ2n) is 3.68. The number of nitrogens with zero attached hydrogens (tertiary/aromatic N) is 3. The second-order valence-corrected chi connectivity index (χ2v) is 4.85. The van der Waals surface area contributed by atoms with Crippen molar-refractivity contribution in [3.05, 3.63) is 40.6 Å². The number of aromatic amines is 1. The molecule has 0 aromatic carbocycles. The molecule has 3 N–H and O–H groups in total. The molecule has 96 valence electrons. The Kier molecular flexibility index (Phi) is 4.16. The zero-order valence-corrected chi connectivity index (χ0v) is 10.9. The molecule has 0 spiro atoms. The molecule has 0 bridgehead atoms. The summed E-state index contributed by atoms with van der Waals surface area (Å²) in [6.45, 7) is 2.95. The number of pyridine rings is 1. The molecule has 1 atom stereocenters. The summed E-state index contributed by atoms with van der Waals surface area (Å²) in [5.74, 6) is 0. The summed E-state index contributed by atoms with van der Waals surface area (Å²) in [4.78, 5) is 15.5. The molecule has 7 heteroatoms. The van der Waals surface area contributed by atoms with Gasteiger partial charge in [0, 0.05) is 25.5 Å². The van der Waals surface area contributed by atoms with Gasteiger partial charge in [-0.1, -0.05) is 17.8 Å². The van der Waals surface area contributed by atoms with E-state index in [-0.39, 0.29) is 10.9 Å². The number of thioether (sulfide) groups is 1. The van der Waals surface area contributed by atoms with E-state index in [0.717, 1.165) is 5.56 Å². The fourth-order valence-electron chi connectivity index (χ4n) is 1.62. The first-order valence-corrected chi connectivity index (χ1v) is 6.56. The lowest BCUT2D eigenvalue weighted by Gasteiger charge is -2.13. The molecule has 0 aliphatic carbocycles. The third kappa shape index (κ3) is 2.62. The standard InChI is InChI=1S/C11H15N5OS/c1-2-16-10(17)14-15-11(16)18-9(6-12)8-4-3-5-13-7-8/h3-5,7,9H,2,6,12H2,1H3,(H,14,17). The Labute approximate surface area is 109 Å². The maximum absolute atomic E-state index is 11.5.